The molecule has 80 valence electrons. The minimum absolute atomic E-state index is 0.349. The molecule has 0 spiro atoms. The zero-order chi connectivity index (χ0) is 11.1. The topological polar surface area (TPSA) is 67.8 Å². The molecule has 0 saturated carbocycles. The van der Waals surface area contributed by atoms with Gasteiger partial charge in [0.1, 0.15) is 17.2 Å². The van der Waals surface area contributed by atoms with Gasteiger partial charge in [0, 0.05) is 22.6 Å². The van der Waals surface area contributed by atoms with E-state index >= 15 is 0 Å². The van der Waals surface area contributed by atoms with E-state index in [4.69, 9.17) is 10.2 Å². The van der Waals surface area contributed by atoms with E-state index < -0.39 is 0 Å². The molecule has 0 radical (unpaired) electrons. The summed E-state index contributed by atoms with van der Waals surface area (Å²) in [5.74, 6) is -0.0303. The number of aromatic nitrogens is 2. The van der Waals surface area contributed by atoms with Crippen molar-refractivity contribution < 1.29 is 8.81 Å². The number of hydrogen-bond donors (Lipinski definition) is 2. The summed E-state index contributed by atoms with van der Waals surface area (Å²) in [7, 11) is 0. The highest BCUT2D eigenvalue weighted by molar-refractivity contribution is 5.86. The number of benzene rings is 1. The Labute approximate surface area is 89.9 Å². The van der Waals surface area contributed by atoms with E-state index in [0.717, 1.165) is 5.39 Å². The Morgan fingerprint density at radius 1 is 1.31 bits per heavy atom. The Hall–Kier alpha value is -2.30. The van der Waals surface area contributed by atoms with Crippen molar-refractivity contribution in [3.8, 4) is 11.1 Å². The Balaban J connectivity index is 2.30. The summed E-state index contributed by atoms with van der Waals surface area (Å²) in [6.45, 7) is 0. The second-order valence-corrected chi connectivity index (χ2v) is 3.49. The lowest BCUT2D eigenvalue weighted by atomic mass is 10.1. The predicted octanol–water partition coefficient (Wildman–Crippen LogP) is 2.54. The fraction of sp³-hybridized carbons (Fsp3) is 0. The van der Waals surface area contributed by atoms with Crippen LogP contribution in [0.4, 0.5) is 10.2 Å². The number of rotatable bonds is 1. The van der Waals surface area contributed by atoms with Crippen LogP contribution in [-0.4, -0.2) is 10.2 Å². The van der Waals surface area contributed by atoms with E-state index in [1.807, 2.05) is 0 Å². The summed E-state index contributed by atoms with van der Waals surface area (Å²) in [6.07, 6.45) is 3.02. The molecule has 3 rings (SSSR count). The maximum Gasteiger partial charge on any atom is 0.136 e. The Kier molecular flexibility index (Phi) is 1.73. The van der Waals surface area contributed by atoms with E-state index in [-0.39, 0.29) is 5.82 Å². The first-order valence-electron chi connectivity index (χ1n) is 4.71. The lowest BCUT2D eigenvalue weighted by Crippen LogP contribution is -1.90. The van der Waals surface area contributed by atoms with Crippen molar-refractivity contribution in [3.05, 3.63) is 36.5 Å². The predicted molar refractivity (Wildman–Crippen MR) is 58.2 cm³/mol. The van der Waals surface area contributed by atoms with Gasteiger partial charge in [0.2, 0.25) is 0 Å². The lowest BCUT2D eigenvalue weighted by molar-refractivity contribution is 0.600. The Morgan fingerprint density at radius 3 is 2.94 bits per heavy atom. The van der Waals surface area contributed by atoms with Crippen LogP contribution in [-0.2, 0) is 0 Å². The number of aromatic amines is 1. The molecule has 3 aromatic rings. The van der Waals surface area contributed by atoms with Crippen molar-refractivity contribution in [1.82, 2.24) is 10.2 Å². The maximum atomic E-state index is 13.8. The molecule has 0 atom stereocenters. The molecule has 0 aliphatic carbocycles. The first-order chi connectivity index (χ1) is 7.75. The van der Waals surface area contributed by atoms with E-state index in [1.165, 1.54) is 18.5 Å². The average molecular weight is 217 g/mol. The van der Waals surface area contributed by atoms with Crippen LogP contribution in [0, 0.1) is 5.82 Å². The van der Waals surface area contributed by atoms with Crippen LogP contribution in [0.1, 0.15) is 0 Å². The molecule has 2 heterocycles. The van der Waals surface area contributed by atoms with Crippen LogP contribution >= 0.6 is 0 Å². The van der Waals surface area contributed by atoms with Crippen molar-refractivity contribution in [2.45, 2.75) is 0 Å². The van der Waals surface area contributed by atoms with Crippen molar-refractivity contribution in [3.63, 3.8) is 0 Å². The summed E-state index contributed by atoms with van der Waals surface area (Å²) < 4.78 is 18.9. The van der Waals surface area contributed by atoms with Crippen LogP contribution < -0.4 is 5.73 Å². The molecule has 16 heavy (non-hydrogen) atoms. The summed E-state index contributed by atoms with van der Waals surface area (Å²) in [4.78, 5) is 0. The quantitative estimate of drug-likeness (QED) is 0.658. The number of anilines is 1. The lowest BCUT2D eigenvalue weighted by Gasteiger charge is -2.01. The highest BCUT2D eigenvalue weighted by Gasteiger charge is 2.12. The molecule has 0 aliphatic rings. The number of nitrogen functional groups attached to an aromatic ring is 1. The molecule has 1 aromatic carbocycles. The number of nitrogens with two attached hydrogens (primary N) is 1. The number of halogens is 1. The first kappa shape index (κ1) is 8.96. The SMILES string of the molecule is Nc1[nH]ncc1-c1cc2ccoc2cc1F. The summed E-state index contributed by atoms with van der Waals surface area (Å²) in [5.41, 5.74) is 7.14. The molecule has 0 bridgehead atoms. The molecule has 0 saturated heterocycles. The molecule has 0 unspecified atom stereocenters. The molecule has 2 aromatic heterocycles. The number of fused-ring (bicyclic) bond motifs is 1. The third-order valence-electron chi connectivity index (χ3n) is 2.50. The van der Waals surface area contributed by atoms with Crippen LogP contribution in [0.15, 0.2) is 35.1 Å². The van der Waals surface area contributed by atoms with Crippen molar-refractivity contribution in [2.24, 2.45) is 0 Å². The third-order valence-corrected chi connectivity index (χ3v) is 2.50. The fourth-order valence-corrected chi connectivity index (χ4v) is 1.70. The first-order valence-corrected chi connectivity index (χ1v) is 4.71. The van der Waals surface area contributed by atoms with E-state index in [9.17, 15) is 4.39 Å². The highest BCUT2D eigenvalue weighted by atomic mass is 19.1. The fourth-order valence-electron chi connectivity index (χ4n) is 1.70. The number of hydrogen-bond acceptors (Lipinski definition) is 3. The monoisotopic (exact) mass is 217 g/mol. The number of nitrogens with zero attached hydrogens (tertiary/aromatic N) is 1. The molecule has 0 fully saturated rings. The number of H-pyrrole nitrogens is 1. The van der Waals surface area contributed by atoms with Crippen LogP contribution in [0.5, 0.6) is 0 Å². The van der Waals surface area contributed by atoms with Gasteiger partial charge in [0.25, 0.3) is 0 Å². The van der Waals surface area contributed by atoms with Crippen molar-refractivity contribution in [1.29, 1.82) is 0 Å². The Bertz CT molecular complexity index is 656. The molecule has 3 N–H and O–H groups in total. The van der Waals surface area contributed by atoms with Gasteiger partial charge in [-0.1, -0.05) is 0 Å². The number of furan rings is 1. The molecular weight excluding hydrogens is 209 g/mol. The number of nitrogens with one attached hydrogen (secondary N) is 1. The van der Waals surface area contributed by atoms with Gasteiger partial charge in [0.05, 0.1) is 12.5 Å². The molecule has 0 amide bonds. The zero-order valence-electron chi connectivity index (χ0n) is 8.20. The van der Waals surface area contributed by atoms with Gasteiger partial charge >= 0.3 is 0 Å². The van der Waals surface area contributed by atoms with Gasteiger partial charge in [-0.3, -0.25) is 5.10 Å². The summed E-state index contributed by atoms with van der Waals surface area (Å²) in [6, 6.07) is 4.81. The van der Waals surface area contributed by atoms with Gasteiger partial charge in [0.15, 0.2) is 0 Å². The smallest absolute Gasteiger partial charge is 0.136 e. The maximum absolute atomic E-state index is 13.8. The van der Waals surface area contributed by atoms with E-state index in [0.29, 0.717) is 22.5 Å². The van der Waals surface area contributed by atoms with Gasteiger partial charge in [-0.05, 0) is 12.1 Å². The average Bonchev–Trinajstić information content (AvgIpc) is 2.85. The van der Waals surface area contributed by atoms with Gasteiger partial charge in [-0.2, -0.15) is 5.10 Å². The standard InChI is InChI=1S/C11H8FN3O/c12-9-4-10-6(1-2-16-10)3-7(9)8-5-14-15-11(8)13/h1-5H,(H3,13,14,15). The zero-order valence-corrected chi connectivity index (χ0v) is 8.20. The van der Waals surface area contributed by atoms with Crippen LogP contribution in [0.3, 0.4) is 0 Å². The normalized spacial score (nSPS) is 11.1. The second-order valence-electron chi connectivity index (χ2n) is 3.49. The van der Waals surface area contributed by atoms with Crippen molar-refractivity contribution in [2.75, 3.05) is 5.73 Å². The third kappa shape index (κ3) is 1.18. The van der Waals surface area contributed by atoms with Crippen molar-refractivity contribution >= 4 is 16.8 Å². The molecule has 5 heteroatoms. The van der Waals surface area contributed by atoms with Crippen LogP contribution in [0.2, 0.25) is 0 Å². The van der Waals surface area contributed by atoms with Gasteiger partial charge < -0.3 is 10.2 Å². The minimum Gasteiger partial charge on any atom is -0.464 e. The van der Waals surface area contributed by atoms with E-state index in [1.54, 1.807) is 12.1 Å². The largest absolute Gasteiger partial charge is 0.464 e. The Morgan fingerprint density at radius 2 is 2.19 bits per heavy atom. The van der Waals surface area contributed by atoms with Gasteiger partial charge in [-0.25, -0.2) is 4.39 Å². The minimum atomic E-state index is -0.379. The molecule has 0 aliphatic heterocycles. The summed E-state index contributed by atoms with van der Waals surface area (Å²) >= 11 is 0. The molecular formula is C11H8FN3O. The van der Waals surface area contributed by atoms with Crippen LogP contribution in [0.25, 0.3) is 22.1 Å². The van der Waals surface area contributed by atoms with Gasteiger partial charge in [-0.15, -0.1) is 0 Å². The van der Waals surface area contributed by atoms with E-state index in [2.05, 4.69) is 10.2 Å². The summed E-state index contributed by atoms with van der Waals surface area (Å²) in [5, 5.41) is 7.17. The molecule has 4 nitrogen and oxygen atoms in total. The highest BCUT2D eigenvalue weighted by Crippen LogP contribution is 2.30. The second kappa shape index (κ2) is 3.10.